The van der Waals surface area contributed by atoms with Crippen LogP contribution in [-0.4, -0.2) is 37.0 Å². The van der Waals surface area contributed by atoms with Crippen molar-refractivity contribution in [3.05, 3.63) is 65.2 Å². The lowest BCUT2D eigenvalue weighted by atomic mass is 10.0. The van der Waals surface area contributed by atoms with Crippen LogP contribution >= 0.6 is 0 Å². The van der Waals surface area contributed by atoms with Gasteiger partial charge in [-0.25, -0.2) is 0 Å². The number of fused-ring (bicyclic) bond motifs is 1. The van der Waals surface area contributed by atoms with E-state index in [1.54, 1.807) is 41.3 Å². The van der Waals surface area contributed by atoms with E-state index in [1.807, 2.05) is 12.1 Å². The van der Waals surface area contributed by atoms with Gasteiger partial charge in [-0.2, -0.15) is 0 Å². The molecule has 6 heteroatoms. The number of carbonyl (C=O) groups is 4. The van der Waals surface area contributed by atoms with Gasteiger partial charge in [0, 0.05) is 49.2 Å². The van der Waals surface area contributed by atoms with Crippen LogP contribution in [0.5, 0.6) is 0 Å². The maximum absolute atomic E-state index is 12.3. The number of rotatable bonds is 9. The van der Waals surface area contributed by atoms with E-state index >= 15 is 0 Å². The molecule has 0 spiro atoms. The van der Waals surface area contributed by atoms with Gasteiger partial charge in [-0.05, 0) is 30.2 Å². The Morgan fingerprint density at radius 2 is 1.68 bits per heavy atom. The first-order chi connectivity index (χ1) is 13.6. The molecule has 3 rings (SSSR count). The molecule has 0 fully saturated rings. The Kier molecular flexibility index (Phi) is 6.32. The lowest BCUT2D eigenvalue weighted by Crippen LogP contribution is -2.26. The minimum atomic E-state index is -0.243. The molecule has 1 aliphatic rings. The summed E-state index contributed by atoms with van der Waals surface area (Å²) >= 11 is 0. The number of nitrogens with one attached hydrogen (secondary N) is 1. The van der Waals surface area contributed by atoms with E-state index in [0.717, 1.165) is 24.1 Å². The fourth-order valence-electron chi connectivity index (χ4n) is 3.25. The van der Waals surface area contributed by atoms with Crippen molar-refractivity contribution in [1.29, 1.82) is 0 Å². The van der Waals surface area contributed by atoms with Gasteiger partial charge in [0.2, 0.25) is 12.3 Å². The number of anilines is 1. The van der Waals surface area contributed by atoms with Gasteiger partial charge in [-0.1, -0.05) is 30.3 Å². The van der Waals surface area contributed by atoms with Gasteiger partial charge >= 0.3 is 0 Å². The van der Waals surface area contributed by atoms with E-state index in [2.05, 4.69) is 5.32 Å². The number of nitrogens with zero attached hydrogens (tertiary/aromatic N) is 1. The summed E-state index contributed by atoms with van der Waals surface area (Å²) in [6, 6.07) is 14.2. The van der Waals surface area contributed by atoms with Gasteiger partial charge in [0.15, 0.2) is 11.6 Å². The van der Waals surface area contributed by atoms with Crippen molar-refractivity contribution < 1.29 is 19.2 Å². The molecule has 0 aromatic heterocycles. The first-order valence-electron chi connectivity index (χ1n) is 9.31. The van der Waals surface area contributed by atoms with E-state index in [1.165, 1.54) is 0 Å². The summed E-state index contributed by atoms with van der Waals surface area (Å²) < 4.78 is 0. The Labute approximate surface area is 163 Å². The van der Waals surface area contributed by atoms with Gasteiger partial charge in [-0.3, -0.25) is 19.2 Å². The lowest BCUT2D eigenvalue weighted by Gasteiger charge is -2.10. The van der Waals surface area contributed by atoms with Crippen LogP contribution in [0.4, 0.5) is 5.69 Å². The largest absolute Gasteiger partial charge is 0.356 e. The number of carbonyl (C=O) groups excluding carboxylic acids is 4. The molecular formula is C22H22N2O4. The lowest BCUT2D eigenvalue weighted by molar-refractivity contribution is -0.121. The van der Waals surface area contributed by atoms with Crippen LogP contribution in [-0.2, 0) is 16.0 Å². The molecule has 144 valence electrons. The molecule has 0 saturated heterocycles. The van der Waals surface area contributed by atoms with Crippen LogP contribution in [0.3, 0.4) is 0 Å². The number of benzene rings is 2. The van der Waals surface area contributed by atoms with Crippen molar-refractivity contribution in [2.24, 2.45) is 0 Å². The van der Waals surface area contributed by atoms with Gasteiger partial charge in [0.1, 0.15) is 0 Å². The molecule has 2 aromatic carbocycles. The summed E-state index contributed by atoms with van der Waals surface area (Å²) in [6.45, 7) is 0.864. The molecule has 0 saturated carbocycles. The molecule has 0 unspecified atom stereocenters. The van der Waals surface area contributed by atoms with Crippen LogP contribution < -0.4 is 10.2 Å². The predicted molar refractivity (Wildman–Crippen MR) is 106 cm³/mol. The van der Waals surface area contributed by atoms with Crippen molar-refractivity contribution in [1.82, 2.24) is 5.32 Å². The summed E-state index contributed by atoms with van der Waals surface area (Å²) in [7, 11) is 0. The van der Waals surface area contributed by atoms with Crippen LogP contribution in [0.25, 0.3) is 0 Å². The standard InChI is InChI=1S/C22H22N2O4/c25-15-24-13-11-17-14-18(6-7-19(17)24)21(27)10-12-23-22(28)9-8-20(26)16-4-2-1-3-5-16/h1-7,14-15H,8-13H2,(H,23,28). The van der Waals surface area contributed by atoms with E-state index < -0.39 is 0 Å². The summed E-state index contributed by atoms with van der Waals surface area (Å²) in [5.74, 6) is -0.380. The van der Waals surface area contributed by atoms with E-state index in [9.17, 15) is 19.2 Å². The topological polar surface area (TPSA) is 83.6 Å². The zero-order chi connectivity index (χ0) is 19.9. The average molecular weight is 378 g/mol. The SMILES string of the molecule is O=CN1CCc2cc(C(=O)CCNC(=O)CCC(=O)c3ccccc3)ccc21. The molecular weight excluding hydrogens is 356 g/mol. The van der Waals surface area contributed by atoms with Crippen LogP contribution in [0, 0.1) is 0 Å². The van der Waals surface area contributed by atoms with Gasteiger partial charge < -0.3 is 10.2 Å². The highest BCUT2D eigenvalue weighted by atomic mass is 16.2. The normalized spacial score (nSPS) is 12.4. The highest BCUT2D eigenvalue weighted by molar-refractivity contribution is 5.99. The predicted octanol–water partition coefficient (Wildman–Crippen LogP) is 2.56. The minimum absolute atomic E-state index is 0.0620. The first-order valence-corrected chi connectivity index (χ1v) is 9.31. The third-order valence-corrected chi connectivity index (χ3v) is 4.81. The van der Waals surface area contributed by atoms with E-state index in [-0.39, 0.29) is 43.3 Å². The number of hydrogen-bond acceptors (Lipinski definition) is 4. The smallest absolute Gasteiger partial charge is 0.220 e. The summed E-state index contributed by atoms with van der Waals surface area (Å²) in [4.78, 5) is 48.8. The fourth-order valence-corrected chi connectivity index (χ4v) is 3.25. The minimum Gasteiger partial charge on any atom is -0.356 e. The Morgan fingerprint density at radius 3 is 2.43 bits per heavy atom. The molecule has 6 nitrogen and oxygen atoms in total. The zero-order valence-electron chi connectivity index (χ0n) is 15.5. The molecule has 1 aliphatic heterocycles. The monoisotopic (exact) mass is 378 g/mol. The van der Waals surface area contributed by atoms with Crippen molar-refractivity contribution in [3.8, 4) is 0 Å². The van der Waals surface area contributed by atoms with Crippen LogP contribution in [0.15, 0.2) is 48.5 Å². The highest BCUT2D eigenvalue weighted by Crippen LogP contribution is 2.27. The van der Waals surface area contributed by atoms with E-state index in [4.69, 9.17) is 0 Å². The first kappa shape index (κ1) is 19.5. The molecule has 2 aromatic rings. The Balaban J connectivity index is 1.42. The summed E-state index contributed by atoms with van der Waals surface area (Å²) in [5.41, 5.74) is 3.01. The second kappa shape index (κ2) is 9.08. The average Bonchev–Trinajstić information content (AvgIpc) is 3.14. The molecule has 0 atom stereocenters. The quantitative estimate of drug-likeness (QED) is 0.537. The Hall–Kier alpha value is -3.28. The van der Waals surface area contributed by atoms with Crippen molar-refractivity contribution in [2.75, 3.05) is 18.0 Å². The second-order valence-corrected chi connectivity index (χ2v) is 6.70. The maximum Gasteiger partial charge on any atom is 0.220 e. The Bertz CT molecular complexity index is 893. The summed E-state index contributed by atoms with van der Waals surface area (Å²) in [5, 5.41) is 2.69. The van der Waals surface area contributed by atoms with E-state index in [0.29, 0.717) is 17.7 Å². The molecule has 1 N–H and O–H groups in total. The van der Waals surface area contributed by atoms with Crippen molar-refractivity contribution in [3.63, 3.8) is 0 Å². The molecule has 1 heterocycles. The third kappa shape index (κ3) is 4.71. The number of hydrogen-bond donors (Lipinski definition) is 1. The zero-order valence-corrected chi connectivity index (χ0v) is 15.5. The van der Waals surface area contributed by atoms with Crippen LogP contribution in [0.1, 0.15) is 45.5 Å². The highest BCUT2D eigenvalue weighted by Gasteiger charge is 2.20. The van der Waals surface area contributed by atoms with Gasteiger partial charge in [0.05, 0.1) is 0 Å². The molecule has 0 aliphatic carbocycles. The van der Waals surface area contributed by atoms with Crippen LogP contribution in [0.2, 0.25) is 0 Å². The Morgan fingerprint density at radius 1 is 0.929 bits per heavy atom. The number of Topliss-reactive ketones (excluding diaryl/α,β-unsaturated/α-hetero) is 2. The fraction of sp³-hybridized carbons (Fsp3) is 0.273. The molecule has 0 bridgehead atoms. The number of ketones is 2. The van der Waals surface area contributed by atoms with Gasteiger partial charge in [0.25, 0.3) is 0 Å². The van der Waals surface area contributed by atoms with Crippen molar-refractivity contribution >= 4 is 29.6 Å². The molecule has 2 amide bonds. The van der Waals surface area contributed by atoms with Gasteiger partial charge in [-0.15, -0.1) is 0 Å². The number of amides is 2. The molecule has 0 radical (unpaired) electrons. The second-order valence-electron chi connectivity index (χ2n) is 6.70. The third-order valence-electron chi connectivity index (χ3n) is 4.81. The maximum atomic E-state index is 12.3. The summed E-state index contributed by atoms with van der Waals surface area (Å²) in [6.07, 6.45) is 1.96. The molecule has 28 heavy (non-hydrogen) atoms. The van der Waals surface area contributed by atoms with Crippen molar-refractivity contribution in [2.45, 2.75) is 25.7 Å².